The number of carbonyl (C=O) groups excluding carboxylic acids is 1. The topological polar surface area (TPSA) is 66.8 Å². The molecule has 2 rings (SSSR count). The van der Waals surface area contributed by atoms with Gasteiger partial charge < -0.3 is 14.7 Å². The fourth-order valence-electron chi connectivity index (χ4n) is 2.27. The Bertz CT molecular complexity index is 460. The van der Waals surface area contributed by atoms with Crippen LogP contribution in [0.5, 0.6) is 0 Å². The molecule has 1 aliphatic rings. The van der Waals surface area contributed by atoms with Crippen LogP contribution < -0.4 is 0 Å². The minimum absolute atomic E-state index is 0.0932. The fraction of sp³-hybridized carbons (Fsp3) is 0.429. The lowest BCUT2D eigenvalue weighted by molar-refractivity contribution is -0.141. The Morgan fingerprint density at radius 2 is 2.05 bits per heavy atom. The van der Waals surface area contributed by atoms with Crippen molar-refractivity contribution in [3.05, 3.63) is 35.9 Å². The van der Waals surface area contributed by atoms with Gasteiger partial charge in [-0.25, -0.2) is 4.79 Å². The quantitative estimate of drug-likeness (QED) is 0.907. The highest BCUT2D eigenvalue weighted by Gasteiger charge is 2.37. The number of carboxylic acids is 1. The van der Waals surface area contributed by atoms with Crippen molar-refractivity contribution in [1.29, 1.82) is 0 Å². The molecule has 1 aliphatic heterocycles. The van der Waals surface area contributed by atoms with Crippen LogP contribution in [0.25, 0.3) is 0 Å². The van der Waals surface area contributed by atoms with Crippen molar-refractivity contribution < 1.29 is 19.4 Å². The molecule has 1 N–H and O–H groups in total. The van der Waals surface area contributed by atoms with Crippen molar-refractivity contribution in [3.8, 4) is 0 Å². The molecule has 0 aromatic heterocycles. The van der Waals surface area contributed by atoms with Gasteiger partial charge in [0.05, 0.1) is 5.92 Å². The molecule has 1 heterocycles. The van der Waals surface area contributed by atoms with Gasteiger partial charge in [0.15, 0.2) is 0 Å². The average molecular weight is 263 g/mol. The average Bonchev–Trinajstić information content (AvgIpc) is 2.80. The Balaban J connectivity index is 1.88. The van der Waals surface area contributed by atoms with Crippen LogP contribution >= 0.6 is 0 Å². The van der Waals surface area contributed by atoms with Gasteiger partial charge in [-0.05, 0) is 18.9 Å². The molecular weight excluding hydrogens is 246 g/mol. The molecule has 1 fully saturated rings. The van der Waals surface area contributed by atoms with E-state index in [0.717, 1.165) is 5.56 Å². The molecule has 0 radical (unpaired) electrons. The normalized spacial score (nSPS) is 22.3. The smallest absolute Gasteiger partial charge is 0.410 e. The maximum absolute atomic E-state index is 11.9. The minimum atomic E-state index is -0.856. The van der Waals surface area contributed by atoms with Crippen molar-refractivity contribution in [1.82, 2.24) is 4.90 Å². The fourth-order valence-corrected chi connectivity index (χ4v) is 2.27. The van der Waals surface area contributed by atoms with Crippen molar-refractivity contribution in [2.45, 2.75) is 26.0 Å². The first-order chi connectivity index (χ1) is 9.08. The van der Waals surface area contributed by atoms with E-state index < -0.39 is 18.0 Å². The number of nitrogens with zero attached hydrogens (tertiary/aromatic N) is 1. The molecule has 102 valence electrons. The van der Waals surface area contributed by atoms with Crippen molar-refractivity contribution >= 4 is 12.1 Å². The van der Waals surface area contributed by atoms with E-state index in [1.54, 1.807) is 0 Å². The van der Waals surface area contributed by atoms with E-state index in [1.165, 1.54) is 4.90 Å². The monoisotopic (exact) mass is 263 g/mol. The minimum Gasteiger partial charge on any atom is -0.481 e. The third-order valence-corrected chi connectivity index (χ3v) is 3.36. The summed E-state index contributed by atoms with van der Waals surface area (Å²) in [6.07, 6.45) is 0.0376. The summed E-state index contributed by atoms with van der Waals surface area (Å²) in [5.74, 6) is -1.34. The number of amides is 1. The van der Waals surface area contributed by atoms with Crippen LogP contribution in [-0.2, 0) is 16.1 Å². The number of carbonyl (C=O) groups is 2. The van der Waals surface area contributed by atoms with Crippen LogP contribution in [0, 0.1) is 5.92 Å². The molecule has 1 saturated heterocycles. The zero-order valence-corrected chi connectivity index (χ0v) is 10.8. The summed E-state index contributed by atoms with van der Waals surface area (Å²) in [5, 5.41) is 8.96. The van der Waals surface area contributed by atoms with E-state index in [-0.39, 0.29) is 19.2 Å². The lowest BCUT2D eigenvalue weighted by Gasteiger charge is -2.20. The van der Waals surface area contributed by atoms with Gasteiger partial charge in [0, 0.05) is 12.6 Å². The number of hydrogen-bond acceptors (Lipinski definition) is 3. The molecule has 1 aromatic rings. The number of ether oxygens (including phenoxy) is 1. The first-order valence-electron chi connectivity index (χ1n) is 6.28. The molecule has 0 spiro atoms. The third kappa shape index (κ3) is 3.24. The van der Waals surface area contributed by atoms with Crippen LogP contribution in [0.15, 0.2) is 30.3 Å². The second-order valence-electron chi connectivity index (χ2n) is 4.81. The van der Waals surface area contributed by atoms with Gasteiger partial charge in [-0.3, -0.25) is 4.79 Å². The molecule has 0 saturated carbocycles. The Hall–Kier alpha value is -2.04. The lowest BCUT2D eigenvalue weighted by Crippen LogP contribution is -2.34. The molecule has 5 heteroatoms. The number of likely N-dealkylation sites (tertiary alicyclic amines) is 1. The highest BCUT2D eigenvalue weighted by atomic mass is 16.6. The molecule has 1 aromatic carbocycles. The maximum Gasteiger partial charge on any atom is 0.410 e. The summed E-state index contributed by atoms with van der Waals surface area (Å²) in [4.78, 5) is 24.3. The Morgan fingerprint density at radius 1 is 1.37 bits per heavy atom. The highest BCUT2D eigenvalue weighted by Crippen LogP contribution is 2.24. The summed E-state index contributed by atoms with van der Waals surface area (Å²) < 4.78 is 5.20. The third-order valence-electron chi connectivity index (χ3n) is 3.36. The second-order valence-corrected chi connectivity index (χ2v) is 4.81. The number of hydrogen-bond donors (Lipinski definition) is 1. The van der Waals surface area contributed by atoms with Gasteiger partial charge in [-0.1, -0.05) is 30.3 Å². The number of carboxylic acid groups (broad SMARTS) is 1. The predicted molar refractivity (Wildman–Crippen MR) is 68.5 cm³/mol. The summed E-state index contributed by atoms with van der Waals surface area (Å²) in [6.45, 7) is 2.28. The Kier molecular flexibility index (Phi) is 4.04. The van der Waals surface area contributed by atoms with Crippen LogP contribution in [-0.4, -0.2) is 34.7 Å². The first kappa shape index (κ1) is 13.4. The number of aliphatic carboxylic acids is 1. The summed E-state index contributed by atoms with van der Waals surface area (Å²) in [7, 11) is 0. The van der Waals surface area contributed by atoms with E-state index in [1.807, 2.05) is 37.3 Å². The predicted octanol–water partition coefficient (Wildman–Crippen LogP) is 2.12. The molecule has 2 atom stereocenters. The van der Waals surface area contributed by atoms with Gasteiger partial charge in [-0.15, -0.1) is 0 Å². The van der Waals surface area contributed by atoms with E-state index in [4.69, 9.17) is 9.84 Å². The summed E-state index contributed by atoms with van der Waals surface area (Å²) >= 11 is 0. The SMILES string of the molecule is CC1CC(C(=O)O)CN1C(=O)OCc1ccccc1. The maximum atomic E-state index is 11.9. The zero-order valence-electron chi connectivity index (χ0n) is 10.8. The van der Waals surface area contributed by atoms with Crippen LogP contribution in [0.2, 0.25) is 0 Å². The second kappa shape index (κ2) is 5.73. The van der Waals surface area contributed by atoms with Gasteiger partial charge in [0.1, 0.15) is 6.61 Å². The van der Waals surface area contributed by atoms with Crippen LogP contribution in [0.1, 0.15) is 18.9 Å². The Morgan fingerprint density at radius 3 is 2.63 bits per heavy atom. The van der Waals surface area contributed by atoms with E-state index >= 15 is 0 Å². The molecule has 0 aliphatic carbocycles. The van der Waals surface area contributed by atoms with Gasteiger partial charge in [-0.2, -0.15) is 0 Å². The molecule has 0 bridgehead atoms. The van der Waals surface area contributed by atoms with Crippen molar-refractivity contribution in [2.24, 2.45) is 5.92 Å². The number of benzene rings is 1. The van der Waals surface area contributed by atoms with Gasteiger partial charge in [0.25, 0.3) is 0 Å². The van der Waals surface area contributed by atoms with Crippen molar-refractivity contribution in [3.63, 3.8) is 0 Å². The van der Waals surface area contributed by atoms with E-state index in [9.17, 15) is 9.59 Å². The van der Waals surface area contributed by atoms with E-state index in [2.05, 4.69) is 0 Å². The summed E-state index contributed by atoms with van der Waals surface area (Å²) in [6, 6.07) is 9.31. The molecule has 5 nitrogen and oxygen atoms in total. The standard InChI is InChI=1S/C14H17NO4/c1-10-7-12(13(16)17)8-15(10)14(18)19-9-11-5-3-2-4-6-11/h2-6,10,12H,7-9H2,1H3,(H,16,17). The molecule has 1 amide bonds. The van der Waals surface area contributed by atoms with Crippen molar-refractivity contribution in [2.75, 3.05) is 6.54 Å². The van der Waals surface area contributed by atoms with E-state index in [0.29, 0.717) is 6.42 Å². The number of rotatable bonds is 3. The van der Waals surface area contributed by atoms with Crippen LogP contribution in [0.3, 0.4) is 0 Å². The molecule has 2 unspecified atom stereocenters. The van der Waals surface area contributed by atoms with Crippen LogP contribution in [0.4, 0.5) is 4.79 Å². The van der Waals surface area contributed by atoms with Gasteiger partial charge >= 0.3 is 12.1 Å². The van der Waals surface area contributed by atoms with Gasteiger partial charge in [0.2, 0.25) is 0 Å². The lowest BCUT2D eigenvalue weighted by atomic mass is 10.1. The zero-order chi connectivity index (χ0) is 13.8. The molecule has 19 heavy (non-hydrogen) atoms. The summed E-state index contributed by atoms with van der Waals surface area (Å²) in [5.41, 5.74) is 0.914. The highest BCUT2D eigenvalue weighted by molar-refractivity contribution is 5.74. The first-order valence-corrected chi connectivity index (χ1v) is 6.28. The Labute approximate surface area is 111 Å². The molecular formula is C14H17NO4. The largest absolute Gasteiger partial charge is 0.481 e.